The monoisotopic (exact) mass is 344 g/mol. The zero-order chi connectivity index (χ0) is 14.7. The van der Waals surface area contributed by atoms with Crippen molar-refractivity contribution in [3.63, 3.8) is 0 Å². The van der Waals surface area contributed by atoms with Crippen LogP contribution in [0.15, 0.2) is 53.1 Å². The number of rotatable bonds is 3. The molecule has 1 aromatic heterocycles. The second-order valence-corrected chi connectivity index (χ2v) is 5.53. The van der Waals surface area contributed by atoms with Crippen molar-refractivity contribution in [2.45, 2.75) is 6.54 Å². The first kappa shape index (κ1) is 13.6. The molecule has 106 valence electrons. The molecule has 6 heteroatoms. The Labute approximate surface area is 129 Å². The molecular formula is C15H13BrN4O. The quantitative estimate of drug-likeness (QED) is 0.678. The molecule has 21 heavy (non-hydrogen) atoms. The van der Waals surface area contributed by atoms with Crippen LogP contribution in [-0.2, 0) is 6.54 Å². The third kappa shape index (κ3) is 3.41. The number of fused-ring (bicyclic) bond motifs is 1. The summed E-state index contributed by atoms with van der Waals surface area (Å²) in [5, 5.41) is 13.4. The predicted molar refractivity (Wildman–Crippen MR) is 86.1 cm³/mol. The molecule has 0 unspecified atom stereocenters. The van der Waals surface area contributed by atoms with Crippen LogP contribution in [0.4, 0.5) is 10.5 Å². The number of halogens is 1. The van der Waals surface area contributed by atoms with Crippen LogP contribution < -0.4 is 10.6 Å². The van der Waals surface area contributed by atoms with Gasteiger partial charge in [0.2, 0.25) is 0 Å². The highest BCUT2D eigenvalue weighted by Crippen LogP contribution is 2.16. The zero-order valence-corrected chi connectivity index (χ0v) is 12.6. The molecule has 2 aromatic carbocycles. The number of aromatic amines is 1. The standard InChI is InChI=1S/C15H13BrN4O/c16-12-3-1-2-10(6-12)8-17-15(21)19-13-5-4-11-9-18-20-14(11)7-13/h1-7,9H,8H2,(H,18,20)(H2,17,19,21). The second kappa shape index (κ2) is 5.97. The van der Waals surface area contributed by atoms with E-state index in [9.17, 15) is 4.79 Å². The first-order valence-corrected chi connectivity index (χ1v) is 7.22. The van der Waals surface area contributed by atoms with Crippen molar-refractivity contribution in [3.8, 4) is 0 Å². The van der Waals surface area contributed by atoms with Gasteiger partial charge in [-0.05, 0) is 35.9 Å². The van der Waals surface area contributed by atoms with E-state index in [1.807, 2.05) is 42.5 Å². The topological polar surface area (TPSA) is 69.8 Å². The van der Waals surface area contributed by atoms with Crippen LogP contribution in [0, 0.1) is 0 Å². The number of amides is 2. The molecule has 0 aliphatic rings. The molecule has 0 aliphatic carbocycles. The number of nitrogens with zero attached hydrogens (tertiary/aromatic N) is 1. The van der Waals surface area contributed by atoms with Crippen molar-refractivity contribution in [2.75, 3.05) is 5.32 Å². The van der Waals surface area contributed by atoms with Crippen LogP contribution >= 0.6 is 15.9 Å². The molecule has 3 rings (SSSR count). The van der Waals surface area contributed by atoms with Crippen molar-refractivity contribution in [3.05, 3.63) is 58.7 Å². The fourth-order valence-electron chi connectivity index (χ4n) is 2.02. The number of carbonyl (C=O) groups excluding carboxylic acids is 1. The van der Waals surface area contributed by atoms with E-state index >= 15 is 0 Å². The van der Waals surface area contributed by atoms with Crippen molar-refractivity contribution >= 4 is 38.6 Å². The van der Waals surface area contributed by atoms with E-state index in [0.29, 0.717) is 6.54 Å². The lowest BCUT2D eigenvalue weighted by molar-refractivity contribution is 0.251. The number of aromatic nitrogens is 2. The highest BCUT2D eigenvalue weighted by Gasteiger charge is 2.03. The summed E-state index contributed by atoms with van der Waals surface area (Å²) < 4.78 is 0.993. The van der Waals surface area contributed by atoms with Crippen LogP contribution in [0.25, 0.3) is 10.9 Å². The molecule has 0 saturated heterocycles. The highest BCUT2D eigenvalue weighted by molar-refractivity contribution is 9.10. The molecule has 3 N–H and O–H groups in total. The molecule has 0 fully saturated rings. The van der Waals surface area contributed by atoms with Gasteiger partial charge in [0, 0.05) is 22.1 Å². The van der Waals surface area contributed by atoms with E-state index in [4.69, 9.17) is 0 Å². The maximum Gasteiger partial charge on any atom is 0.319 e. The molecule has 0 atom stereocenters. The average Bonchev–Trinajstić information content (AvgIpc) is 2.93. The fraction of sp³-hybridized carbons (Fsp3) is 0.0667. The minimum absolute atomic E-state index is 0.242. The molecule has 0 radical (unpaired) electrons. The molecule has 5 nitrogen and oxygen atoms in total. The van der Waals surface area contributed by atoms with Gasteiger partial charge in [0.25, 0.3) is 0 Å². The molecule has 0 aliphatic heterocycles. The first-order chi connectivity index (χ1) is 10.2. The van der Waals surface area contributed by atoms with Crippen molar-refractivity contribution in [2.24, 2.45) is 0 Å². The van der Waals surface area contributed by atoms with Gasteiger partial charge >= 0.3 is 6.03 Å². The Kier molecular flexibility index (Phi) is 3.87. The summed E-state index contributed by atoms with van der Waals surface area (Å²) in [5.41, 5.74) is 2.64. The van der Waals surface area contributed by atoms with Gasteiger partial charge in [-0.3, -0.25) is 5.10 Å². The number of nitrogens with one attached hydrogen (secondary N) is 3. The van der Waals surface area contributed by atoms with Crippen LogP contribution in [0.3, 0.4) is 0 Å². The summed E-state index contributed by atoms with van der Waals surface area (Å²) in [4.78, 5) is 11.9. The van der Waals surface area contributed by atoms with Gasteiger partial charge in [-0.25, -0.2) is 4.79 Å². The van der Waals surface area contributed by atoms with Gasteiger partial charge in [0.15, 0.2) is 0 Å². The van der Waals surface area contributed by atoms with Crippen LogP contribution in [-0.4, -0.2) is 16.2 Å². The predicted octanol–water partition coefficient (Wildman–Crippen LogP) is 3.65. The SMILES string of the molecule is O=C(NCc1cccc(Br)c1)Nc1ccc2cn[nH]c2c1. The molecular weight excluding hydrogens is 332 g/mol. The average molecular weight is 345 g/mol. The van der Waals surface area contributed by atoms with Gasteiger partial charge < -0.3 is 10.6 Å². The number of urea groups is 1. The summed E-state index contributed by atoms with van der Waals surface area (Å²) in [7, 11) is 0. The molecule has 3 aromatic rings. The largest absolute Gasteiger partial charge is 0.334 e. The third-order valence-electron chi connectivity index (χ3n) is 3.04. The van der Waals surface area contributed by atoms with E-state index in [0.717, 1.165) is 26.6 Å². The van der Waals surface area contributed by atoms with Gasteiger partial charge in [-0.2, -0.15) is 5.10 Å². The lowest BCUT2D eigenvalue weighted by Gasteiger charge is -2.08. The Bertz CT molecular complexity index is 784. The van der Waals surface area contributed by atoms with Crippen molar-refractivity contribution in [1.82, 2.24) is 15.5 Å². The van der Waals surface area contributed by atoms with E-state index in [1.54, 1.807) is 6.20 Å². The lowest BCUT2D eigenvalue weighted by Crippen LogP contribution is -2.28. The number of anilines is 1. The minimum Gasteiger partial charge on any atom is -0.334 e. The van der Waals surface area contributed by atoms with Crippen LogP contribution in [0.2, 0.25) is 0 Å². The van der Waals surface area contributed by atoms with Gasteiger partial charge in [0.1, 0.15) is 0 Å². The van der Waals surface area contributed by atoms with Gasteiger partial charge in [0.05, 0.1) is 11.7 Å². The Hall–Kier alpha value is -2.34. The molecule has 0 spiro atoms. The lowest BCUT2D eigenvalue weighted by atomic mass is 10.2. The fourth-order valence-corrected chi connectivity index (χ4v) is 2.47. The summed E-state index contributed by atoms with van der Waals surface area (Å²) in [6, 6.07) is 13.2. The first-order valence-electron chi connectivity index (χ1n) is 6.43. The van der Waals surface area contributed by atoms with Crippen molar-refractivity contribution < 1.29 is 4.79 Å². The second-order valence-electron chi connectivity index (χ2n) is 4.61. The summed E-state index contributed by atoms with van der Waals surface area (Å²) in [5.74, 6) is 0. The number of hydrogen-bond acceptors (Lipinski definition) is 2. The number of benzene rings is 2. The smallest absolute Gasteiger partial charge is 0.319 e. The third-order valence-corrected chi connectivity index (χ3v) is 3.54. The van der Waals surface area contributed by atoms with E-state index < -0.39 is 0 Å². The Morgan fingerprint density at radius 3 is 3.00 bits per heavy atom. The maximum absolute atomic E-state index is 11.9. The normalized spacial score (nSPS) is 10.5. The number of H-pyrrole nitrogens is 1. The summed E-state index contributed by atoms with van der Waals surface area (Å²) in [6.45, 7) is 0.470. The van der Waals surface area contributed by atoms with Crippen LogP contribution in [0.5, 0.6) is 0 Å². The molecule has 0 bridgehead atoms. The maximum atomic E-state index is 11.9. The van der Waals surface area contributed by atoms with E-state index in [-0.39, 0.29) is 6.03 Å². The molecule has 2 amide bonds. The van der Waals surface area contributed by atoms with E-state index in [2.05, 4.69) is 36.8 Å². The molecule has 0 saturated carbocycles. The number of carbonyl (C=O) groups is 1. The summed E-state index contributed by atoms with van der Waals surface area (Å²) >= 11 is 3.40. The van der Waals surface area contributed by atoms with Crippen molar-refractivity contribution in [1.29, 1.82) is 0 Å². The Morgan fingerprint density at radius 2 is 2.14 bits per heavy atom. The summed E-state index contributed by atoms with van der Waals surface area (Å²) in [6.07, 6.45) is 1.74. The van der Waals surface area contributed by atoms with Crippen LogP contribution in [0.1, 0.15) is 5.56 Å². The zero-order valence-electron chi connectivity index (χ0n) is 11.1. The molecule has 1 heterocycles. The Balaban J connectivity index is 1.60. The van der Waals surface area contributed by atoms with Gasteiger partial charge in [-0.1, -0.05) is 28.1 Å². The highest BCUT2D eigenvalue weighted by atomic mass is 79.9. The number of hydrogen-bond donors (Lipinski definition) is 3. The Morgan fingerprint density at radius 1 is 1.24 bits per heavy atom. The van der Waals surface area contributed by atoms with Gasteiger partial charge in [-0.15, -0.1) is 0 Å². The minimum atomic E-state index is -0.242. The van der Waals surface area contributed by atoms with E-state index in [1.165, 1.54) is 0 Å².